The summed E-state index contributed by atoms with van der Waals surface area (Å²) in [5.41, 5.74) is 2.47. The number of benzene rings is 2. The van der Waals surface area contributed by atoms with Crippen LogP contribution in [-0.2, 0) is 4.79 Å². The van der Waals surface area contributed by atoms with Crippen LogP contribution in [0.1, 0.15) is 29.7 Å². The molecule has 3 heterocycles. The van der Waals surface area contributed by atoms with Crippen molar-refractivity contribution in [3.63, 3.8) is 0 Å². The number of aromatic nitrogens is 2. The van der Waals surface area contributed by atoms with Crippen LogP contribution in [0.5, 0.6) is 0 Å². The van der Waals surface area contributed by atoms with E-state index in [1.807, 2.05) is 47.4 Å². The summed E-state index contributed by atoms with van der Waals surface area (Å²) in [4.78, 5) is 23.6. The highest BCUT2D eigenvalue weighted by molar-refractivity contribution is 7.18. The van der Waals surface area contributed by atoms with E-state index in [0.29, 0.717) is 16.8 Å². The van der Waals surface area contributed by atoms with Gasteiger partial charge in [0.05, 0.1) is 15.2 Å². The van der Waals surface area contributed by atoms with E-state index in [4.69, 9.17) is 21.0 Å². The fourth-order valence-electron chi connectivity index (χ4n) is 3.65. The van der Waals surface area contributed by atoms with Gasteiger partial charge in [0.15, 0.2) is 5.58 Å². The third kappa shape index (κ3) is 3.78. The molecule has 29 heavy (non-hydrogen) atoms. The van der Waals surface area contributed by atoms with E-state index < -0.39 is 0 Å². The highest BCUT2D eigenvalue weighted by Crippen LogP contribution is 2.34. The van der Waals surface area contributed by atoms with Crippen molar-refractivity contribution >= 4 is 56.2 Å². The van der Waals surface area contributed by atoms with Gasteiger partial charge in [-0.05, 0) is 43.2 Å². The van der Waals surface area contributed by atoms with Crippen molar-refractivity contribution in [1.82, 2.24) is 14.9 Å². The predicted molar refractivity (Wildman–Crippen MR) is 116 cm³/mol. The topological polar surface area (TPSA) is 59.2 Å². The summed E-state index contributed by atoms with van der Waals surface area (Å²) in [5.74, 6) is 0.820. The lowest BCUT2D eigenvalue weighted by atomic mass is 9.97. The number of para-hydroxylation sites is 2. The molecule has 146 valence electrons. The maximum absolute atomic E-state index is 12.6. The van der Waals surface area contributed by atoms with Crippen LogP contribution in [0.25, 0.3) is 27.4 Å². The average molecular weight is 424 g/mol. The minimum absolute atomic E-state index is 0.0122. The standard InChI is InChI=1S/C22H18ClN3O2S/c23-15-5-6-19-17(13-15)25-22(29-19)14-9-11-26(12-10-14)21(27)8-7-20-24-16-3-1-2-4-18(16)28-20/h1-8,13-14H,9-12H2/b8-7+. The summed E-state index contributed by atoms with van der Waals surface area (Å²) >= 11 is 7.79. The maximum atomic E-state index is 12.6. The summed E-state index contributed by atoms with van der Waals surface area (Å²) in [5, 5.41) is 1.84. The first-order chi connectivity index (χ1) is 14.2. The van der Waals surface area contributed by atoms with Gasteiger partial charge in [0.2, 0.25) is 11.8 Å². The van der Waals surface area contributed by atoms with Gasteiger partial charge < -0.3 is 9.32 Å². The number of halogens is 1. The second kappa shape index (κ2) is 7.61. The highest BCUT2D eigenvalue weighted by Gasteiger charge is 2.25. The summed E-state index contributed by atoms with van der Waals surface area (Å²) in [6.07, 6.45) is 5.02. The Kier molecular flexibility index (Phi) is 4.81. The van der Waals surface area contributed by atoms with E-state index in [-0.39, 0.29) is 5.91 Å². The van der Waals surface area contributed by atoms with Gasteiger partial charge in [-0.2, -0.15) is 0 Å². The molecule has 0 N–H and O–H groups in total. The van der Waals surface area contributed by atoms with Crippen LogP contribution in [0.2, 0.25) is 5.02 Å². The summed E-state index contributed by atoms with van der Waals surface area (Å²) in [6, 6.07) is 13.4. The van der Waals surface area contributed by atoms with Crippen molar-refractivity contribution in [2.24, 2.45) is 0 Å². The SMILES string of the molecule is O=C(/C=C/c1nc2ccccc2o1)N1CCC(c2nc3cc(Cl)ccc3s2)CC1. The van der Waals surface area contributed by atoms with Crippen LogP contribution in [0.4, 0.5) is 0 Å². The zero-order valence-corrected chi connectivity index (χ0v) is 17.1. The first-order valence-corrected chi connectivity index (χ1v) is 10.7. The largest absolute Gasteiger partial charge is 0.437 e. The minimum Gasteiger partial charge on any atom is -0.437 e. The number of likely N-dealkylation sites (tertiary alicyclic amines) is 1. The molecule has 1 amide bonds. The van der Waals surface area contributed by atoms with Crippen molar-refractivity contribution in [1.29, 1.82) is 0 Å². The molecule has 2 aromatic heterocycles. The summed E-state index contributed by atoms with van der Waals surface area (Å²) in [7, 11) is 0. The fourth-order valence-corrected chi connectivity index (χ4v) is 4.93. The molecule has 5 nitrogen and oxygen atoms in total. The Balaban J connectivity index is 1.23. The number of nitrogens with zero attached hydrogens (tertiary/aromatic N) is 3. The van der Waals surface area contributed by atoms with Crippen molar-refractivity contribution < 1.29 is 9.21 Å². The van der Waals surface area contributed by atoms with Crippen molar-refractivity contribution in [2.75, 3.05) is 13.1 Å². The minimum atomic E-state index is -0.0122. The number of carbonyl (C=O) groups excluding carboxylic acids is 1. The fraction of sp³-hybridized carbons (Fsp3) is 0.227. The number of oxazole rings is 1. The number of piperidine rings is 1. The smallest absolute Gasteiger partial charge is 0.246 e. The summed E-state index contributed by atoms with van der Waals surface area (Å²) < 4.78 is 6.79. The average Bonchev–Trinajstić information content (AvgIpc) is 3.35. The van der Waals surface area contributed by atoms with Gasteiger partial charge in [-0.1, -0.05) is 23.7 Å². The number of amides is 1. The maximum Gasteiger partial charge on any atom is 0.246 e. The number of thiazole rings is 1. The number of fused-ring (bicyclic) bond motifs is 2. The van der Waals surface area contributed by atoms with E-state index in [9.17, 15) is 4.79 Å². The Hall–Kier alpha value is -2.70. The Morgan fingerprint density at radius 1 is 1.14 bits per heavy atom. The number of rotatable bonds is 3. The molecule has 4 aromatic rings. The predicted octanol–water partition coefficient (Wildman–Crippen LogP) is 5.51. The lowest BCUT2D eigenvalue weighted by Gasteiger charge is -2.30. The van der Waals surface area contributed by atoms with Crippen LogP contribution < -0.4 is 0 Å². The van der Waals surface area contributed by atoms with Crippen LogP contribution in [0, 0.1) is 0 Å². The Labute approximate surface area is 176 Å². The van der Waals surface area contributed by atoms with Crippen LogP contribution in [0.3, 0.4) is 0 Å². The third-order valence-electron chi connectivity index (χ3n) is 5.20. The quantitative estimate of drug-likeness (QED) is 0.407. The molecule has 1 aliphatic rings. The molecule has 2 aromatic carbocycles. The van der Waals surface area contributed by atoms with Gasteiger partial charge in [0.25, 0.3) is 0 Å². The van der Waals surface area contributed by atoms with Gasteiger partial charge >= 0.3 is 0 Å². The summed E-state index contributed by atoms with van der Waals surface area (Å²) in [6.45, 7) is 1.44. The zero-order valence-electron chi connectivity index (χ0n) is 15.5. The van der Waals surface area contributed by atoms with E-state index in [0.717, 1.165) is 52.3 Å². The molecule has 0 unspecified atom stereocenters. The van der Waals surface area contributed by atoms with Crippen LogP contribution in [0.15, 0.2) is 53.0 Å². The Bertz CT molecular complexity index is 1190. The van der Waals surface area contributed by atoms with Crippen molar-refractivity contribution in [3.8, 4) is 0 Å². The second-order valence-corrected chi connectivity index (χ2v) is 8.62. The van der Waals surface area contributed by atoms with Crippen LogP contribution >= 0.6 is 22.9 Å². The Morgan fingerprint density at radius 2 is 1.97 bits per heavy atom. The molecule has 0 spiro atoms. The number of carbonyl (C=O) groups is 1. The molecule has 5 rings (SSSR count). The van der Waals surface area contributed by atoms with E-state index in [1.54, 1.807) is 23.5 Å². The lowest BCUT2D eigenvalue weighted by Crippen LogP contribution is -2.36. The van der Waals surface area contributed by atoms with Gasteiger partial charge in [-0.3, -0.25) is 4.79 Å². The monoisotopic (exact) mass is 423 g/mol. The van der Waals surface area contributed by atoms with Crippen molar-refractivity contribution in [3.05, 3.63) is 64.5 Å². The zero-order chi connectivity index (χ0) is 19.8. The number of hydrogen-bond acceptors (Lipinski definition) is 5. The second-order valence-electron chi connectivity index (χ2n) is 7.12. The molecule has 0 radical (unpaired) electrons. The third-order valence-corrected chi connectivity index (χ3v) is 6.63. The molecular formula is C22H18ClN3O2S. The molecule has 7 heteroatoms. The molecule has 0 atom stereocenters. The first-order valence-electron chi connectivity index (χ1n) is 9.54. The van der Waals surface area contributed by atoms with E-state index >= 15 is 0 Å². The highest BCUT2D eigenvalue weighted by atomic mass is 35.5. The molecule has 0 aliphatic carbocycles. The molecule has 1 aliphatic heterocycles. The lowest BCUT2D eigenvalue weighted by molar-refractivity contribution is -0.126. The molecule has 1 fully saturated rings. The number of hydrogen-bond donors (Lipinski definition) is 0. The molecule has 0 bridgehead atoms. The normalized spacial score (nSPS) is 15.7. The van der Waals surface area contributed by atoms with Gasteiger partial charge in [-0.25, -0.2) is 9.97 Å². The molecular weight excluding hydrogens is 406 g/mol. The molecule has 0 saturated carbocycles. The Morgan fingerprint density at radius 3 is 2.79 bits per heavy atom. The van der Waals surface area contributed by atoms with Gasteiger partial charge in [-0.15, -0.1) is 11.3 Å². The van der Waals surface area contributed by atoms with E-state index in [1.165, 1.54) is 0 Å². The first kappa shape index (κ1) is 18.3. The van der Waals surface area contributed by atoms with E-state index in [2.05, 4.69) is 4.98 Å². The van der Waals surface area contributed by atoms with Gasteiger partial charge in [0, 0.05) is 36.2 Å². The molecule has 1 saturated heterocycles. The van der Waals surface area contributed by atoms with Crippen LogP contribution in [-0.4, -0.2) is 33.9 Å². The van der Waals surface area contributed by atoms with Gasteiger partial charge in [0.1, 0.15) is 5.52 Å². The van der Waals surface area contributed by atoms with Crippen molar-refractivity contribution in [2.45, 2.75) is 18.8 Å².